The van der Waals surface area contributed by atoms with Gasteiger partial charge in [-0.05, 0) is 48.9 Å². The fraction of sp³-hybridized carbons (Fsp3) is 0.143. The number of nitrogens with one attached hydrogen (secondary N) is 1. The molecule has 0 unspecified atom stereocenters. The highest BCUT2D eigenvalue weighted by Crippen LogP contribution is 2.25. The van der Waals surface area contributed by atoms with E-state index in [0.717, 1.165) is 16.9 Å². The summed E-state index contributed by atoms with van der Waals surface area (Å²) >= 11 is 0. The first-order valence-corrected chi connectivity index (χ1v) is 5.73. The van der Waals surface area contributed by atoms with Crippen LogP contribution in [0.15, 0.2) is 42.5 Å². The predicted octanol–water partition coefficient (Wildman–Crippen LogP) is 3.92. The van der Waals surface area contributed by atoms with Gasteiger partial charge in [-0.3, -0.25) is 0 Å². The van der Waals surface area contributed by atoms with Crippen LogP contribution < -0.4 is 15.8 Å². The van der Waals surface area contributed by atoms with Gasteiger partial charge in [-0.1, -0.05) is 6.07 Å². The second-order valence-corrected chi connectivity index (χ2v) is 4.05. The second kappa shape index (κ2) is 5.56. The molecule has 5 heteroatoms. The zero-order valence-electron chi connectivity index (χ0n) is 10.4. The maximum absolute atomic E-state index is 12.0. The van der Waals surface area contributed by atoms with Crippen LogP contribution in [-0.4, -0.2) is 6.61 Å². The molecule has 0 fully saturated rings. The first kappa shape index (κ1) is 13.1. The minimum Gasteiger partial charge on any atom is -0.435 e. The monoisotopic (exact) mass is 264 g/mol. The lowest BCUT2D eigenvalue weighted by Gasteiger charge is -2.12. The van der Waals surface area contributed by atoms with Crippen LogP contribution >= 0.6 is 0 Å². The second-order valence-electron chi connectivity index (χ2n) is 4.05. The molecule has 100 valence electrons. The summed E-state index contributed by atoms with van der Waals surface area (Å²) in [6.07, 6.45) is 0. The van der Waals surface area contributed by atoms with Crippen LogP contribution in [0.25, 0.3) is 0 Å². The Bertz CT molecular complexity index is 556. The third-order valence-electron chi connectivity index (χ3n) is 2.73. The molecule has 0 aliphatic carbocycles. The molecule has 3 N–H and O–H groups in total. The fourth-order valence-electron chi connectivity index (χ4n) is 1.66. The molecule has 0 spiro atoms. The predicted molar refractivity (Wildman–Crippen MR) is 71.9 cm³/mol. The standard InChI is InChI=1S/C14H14F2N2O/c1-9-12(17)3-2-4-13(9)18-10-5-7-11(8-6-10)19-14(15)16/h2-8,14,18H,17H2,1H3. The van der Waals surface area contributed by atoms with Crippen LogP contribution in [0, 0.1) is 6.92 Å². The molecule has 2 aromatic carbocycles. The van der Waals surface area contributed by atoms with E-state index in [4.69, 9.17) is 5.73 Å². The van der Waals surface area contributed by atoms with Crippen LogP contribution in [0.1, 0.15) is 5.56 Å². The molecule has 0 aliphatic rings. The number of benzene rings is 2. The molecule has 0 bridgehead atoms. The van der Waals surface area contributed by atoms with Crippen LogP contribution in [0.5, 0.6) is 5.75 Å². The summed E-state index contributed by atoms with van der Waals surface area (Å²) in [4.78, 5) is 0. The van der Waals surface area contributed by atoms with E-state index in [-0.39, 0.29) is 5.75 Å². The zero-order valence-corrected chi connectivity index (χ0v) is 10.4. The average Bonchev–Trinajstić information content (AvgIpc) is 2.37. The van der Waals surface area contributed by atoms with Crippen molar-refractivity contribution in [3.05, 3.63) is 48.0 Å². The van der Waals surface area contributed by atoms with Gasteiger partial charge in [0.25, 0.3) is 0 Å². The van der Waals surface area contributed by atoms with Gasteiger partial charge in [0.05, 0.1) is 0 Å². The van der Waals surface area contributed by atoms with Gasteiger partial charge in [0.15, 0.2) is 0 Å². The van der Waals surface area contributed by atoms with Crippen molar-refractivity contribution >= 4 is 17.1 Å². The number of nitrogen functional groups attached to an aromatic ring is 1. The summed E-state index contributed by atoms with van der Waals surface area (Å²) in [6, 6.07) is 11.9. The molecule has 19 heavy (non-hydrogen) atoms. The van der Waals surface area contributed by atoms with Crippen LogP contribution in [0.3, 0.4) is 0 Å². The number of ether oxygens (including phenoxy) is 1. The van der Waals surface area contributed by atoms with E-state index in [0.29, 0.717) is 5.69 Å². The van der Waals surface area contributed by atoms with Crippen molar-refractivity contribution in [3.63, 3.8) is 0 Å². The maximum atomic E-state index is 12.0. The molecule has 0 aromatic heterocycles. The molecule has 0 heterocycles. The number of halogens is 2. The Balaban J connectivity index is 2.13. The molecule has 0 radical (unpaired) electrons. The summed E-state index contributed by atoms with van der Waals surface area (Å²) < 4.78 is 28.3. The number of nitrogens with two attached hydrogens (primary N) is 1. The van der Waals surface area contributed by atoms with E-state index in [1.165, 1.54) is 12.1 Å². The molecule has 3 nitrogen and oxygen atoms in total. The third-order valence-corrected chi connectivity index (χ3v) is 2.73. The van der Waals surface area contributed by atoms with Gasteiger partial charge in [-0.25, -0.2) is 0 Å². The lowest BCUT2D eigenvalue weighted by Crippen LogP contribution is -2.02. The Kier molecular flexibility index (Phi) is 3.85. The topological polar surface area (TPSA) is 47.3 Å². The molecule has 0 aliphatic heterocycles. The van der Waals surface area contributed by atoms with E-state index < -0.39 is 6.61 Å². The highest BCUT2D eigenvalue weighted by molar-refractivity contribution is 5.69. The van der Waals surface area contributed by atoms with E-state index >= 15 is 0 Å². The molecule has 2 aromatic rings. The van der Waals surface area contributed by atoms with Crippen molar-refractivity contribution in [2.75, 3.05) is 11.1 Å². The lowest BCUT2D eigenvalue weighted by atomic mass is 10.1. The van der Waals surface area contributed by atoms with Crippen molar-refractivity contribution in [1.29, 1.82) is 0 Å². The van der Waals surface area contributed by atoms with E-state index in [1.54, 1.807) is 12.1 Å². The van der Waals surface area contributed by atoms with Crippen LogP contribution in [-0.2, 0) is 0 Å². The molecular weight excluding hydrogens is 250 g/mol. The normalized spacial score (nSPS) is 10.5. The van der Waals surface area contributed by atoms with Crippen molar-refractivity contribution in [2.24, 2.45) is 0 Å². The van der Waals surface area contributed by atoms with Crippen LogP contribution in [0.2, 0.25) is 0 Å². The summed E-state index contributed by atoms with van der Waals surface area (Å²) in [7, 11) is 0. The van der Waals surface area contributed by atoms with Crippen molar-refractivity contribution in [2.45, 2.75) is 13.5 Å². The van der Waals surface area contributed by atoms with E-state index in [1.807, 2.05) is 25.1 Å². The average molecular weight is 264 g/mol. The summed E-state index contributed by atoms with van der Waals surface area (Å²) in [5, 5.41) is 3.17. The van der Waals surface area contributed by atoms with Gasteiger partial charge in [-0.15, -0.1) is 0 Å². The van der Waals surface area contributed by atoms with Gasteiger partial charge in [-0.2, -0.15) is 8.78 Å². The summed E-state index contributed by atoms with van der Waals surface area (Å²) in [5.41, 5.74) is 9.10. The Morgan fingerprint density at radius 3 is 2.42 bits per heavy atom. The molecule has 2 rings (SSSR count). The zero-order chi connectivity index (χ0) is 13.8. The largest absolute Gasteiger partial charge is 0.435 e. The minimum absolute atomic E-state index is 0.129. The van der Waals surface area contributed by atoms with Gasteiger partial charge < -0.3 is 15.8 Å². The quantitative estimate of drug-likeness (QED) is 0.823. The maximum Gasteiger partial charge on any atom is 0.387 e. The highest BCUT2D eigenvalue weighted by Gasteiger charge is 2.05. The molecule has 0 atom stereocenters. The molecule has 0 saturated carbocycles. The van der Waals surface area contributed by atoms with E-state index in [9.17, 15) is 8.78 Å². The number of alkyl halides is 2. The number of anilines is 3. The Hall–Kier alpha value is -2.30. The van der Waals surface area contributed by atoms with Gasteiger partial charge in [0, 0.05) is 17.1 Å². The number of hydrogen-bond donors (Lipinski definition) is 2. The first-order chi connectivity index (χ1) is 9.06. The van der Waals surface area contributed by atoms with E-state index in [2.05, 4.69) is 10.1 Å². The number of hydrogen-bond acceptors (Lipinski definition) is 3. The fourth-order valence-corrected chi connectivity index (χ4v) is 1.66. The Morgan fingerprint density at radius 2 is 1.79 bits per heavy atom. The van der Waals surface area contributed by atoms with Crippen molar-refractivity contribution < 1.29 is 13.5 Å². The molecule has 0 amide bonds. The van der Waals surface area contributed by atoms with Crippen LogP contribution in [0.4, 0.5) is 25.8 Å². The first-order valence-electron chi connectivity index (χ1n) is 5.73. The lowest BCUT2D eigenvalue weighted by molar-refractivity contribution is -0.0498. The van der Waals surface area contributed by atoms with Gasteiger partial charge >= 0.3 is 6.61 Å². The third kappa shape index (κ3) is 3.34. The SMILES string of the molecule is Cc1c(N)cccc1Nc1ccc(OC(F)F)cc1. The minimum atomic E-state index is -2.81. The smallest absolute Gasteiger partial charge is 0.387 e. The Labute approximate surface area is 110 Å². The molecular formula is C14H14F2N2O. The van der Waals surface area contributed by atoms with Crippen molar-refractivity contribution in [3.8, 4) is 5.75 Å². The van der Waals surface area contributed by atoms with Gasteiger partial charge in [0.1, 0.15) is 5.75 Å². The Morgan fingerprint density at radius 1 is 1.11 bits per heavy atom. The van der Waals surface area contributed by atoms with Gasteiger partial charge in [0.2, 0.25) is 0 Å². The molecule has 0 saturated heterocycles. The highest BCUT2D eigenvalue weighted by atomic mass is 19.3. The summed E-state index contributed by atoms with van der Waals surface area (Å²) in [5.74, 6) is 0.129. The summed E-state index contributed by atoms with van der Waals surface area (Å²) in [6.45, 7) is -0.902. The number of rotatable bonds is 4. The van der Waals surface area contributed by atoms with Crippen molar-refractivity contribution in [1.82, 2.24) is 0 Å².